The summed E-state index contributed by atoms with van der Waals surface area (Å²) in [5, 5.41) is 3.26. The summed E-state index contributed by atoms with van der Waals surface area (Å²) >= 11 is 0. The van der Waals surface area contributed by atoms with Crippen molar-refractivity contribution < 1.29 is 4.79 Å². The van der Waals surface area contributed by atoms with E-state index in [1.807, 2.05) is 0 Å². The molecule has 3 N–H and O–H groups in total. The summed E-state index contributed by atoms with van der Waals surface area (Å²) in [5.41, 5.74) is 5.67. The quantitative estimate of drug-likeness (QED) is 0.809. The lowest BCUT2D eigenvalue weighted by Crippen LogP contribution is -2.51. The van der Waals surface area contributed by atoms with Gasteiger partial charge >= 0.3 is 0 Å². The first-order valence-electron chi connectivity index (χ1n) is 8.45. The molecule has 1 amide bonds. The van der Waals surface area contributed by atoms with E-state index in [1.54, 1.807) is 0 Å². The predicted molar refractivity (Wildman–Crippen MR) is 82.4 cm³/mol. The fourth-order valence-corrected chi connectivity index (χ4v) is 3.65. The van der Waals surface area contributed by atoms with E-state index in [2.05, 4.69) is 17.1 Å². The monoisotopic (exact) mass is 281 g/mol. The molecule has 1 aliphatic heterocycles. The third-order valence-corrected chi connectivity index (χ3v) is 5.00. The average molecular weight is 281 g/mol. The van der Waals surface area contributed by atoms with Crippen LogP contribution in [0.4, 0.5) is 0 Å². The second-order valence-electron chi connectivity index (χ2n) is 6.60. The second-order valence-corrected chi connectivity index (χ2v) is 6.60. The number of piperidine rings is 1. The number of likely N-dealkylation sites (tertiary alicyclic amines) is 1. The van der Waals surface area contributed by atoms with Crippen LogP contribution in [-0.2, 0) is 4.79 Å². The first kappa shape index (κ1) is 15.8. The third-order valence-electron chi connectivity index (χ3n) is 5.00. The highest BCUT2D eigenvalue weighted by molar-refractivity contribution is 5.81. The zero-order valence-electron chi connectivity index (χ0n) is 12.9. The van der Waals surface area contributed by atoms with Crippen LogP contribution in [0.2, 0.25) is 0 Å². The van der Waals surface area contributed by atoms with Gasteiger partial charge in [-0.25, -0.2) is 0 Å². The molecule has 0 spiro atoms. The Morgan fingerprint density at radius 3 is 2.70 bits per heavy atom. The van der Waals surface area contributed by atoms with Gasteiger partial charge in [0, 0.05) is 12.6 Å². The van der Waals surface area contributed by atoms with Gasteiger partial charge in [0.05, 0.1) is 6.04 Å². The number of hydrogen-bond donors (Lipinski definition) is 2. The van der Waals surface area contributed by atoms with Crippen molar-refractivity contribution >= 4 is 5.91 Å². The number of hydrogen-bond acceptors (Lipinski definition) is 3. The van der Waals surface area contributed by atoms with Crippen LogP contribution in [0.15, 0.2) is 0 Å². The second kappa shape index (κ2) is 7.99. The highest BCUT2D eigenvalue weighted by Gasteiger charge is 2.28. The van der Waals surface area contributed by atoms with Gasteiger partial charge in [-0.1, -0.05) is 19.3 Å². The molecule has 20 heavy (non-hydrogen) atoms. The predicted octanol–water partition coefficient (Wildman–Crippen LogP) is 1.88. The number of nitrogens with zero attached hydrogens (tertiary/aromatic N) is 1. The number of carbonyl (C=O) groups excluding carboxylic acids is 1. The minimum atomic E-state index is 0.0116. The maximum absolute atomic E-state index is 12.4. The average Bonchev–Trinajstić information content (AvgIpc) is 2.48. The molecule has 0 bridgehead atoms. The van der Waals surface area contributed by atoms with Crippen LogP contribution in [0.1, 0.15) is 58.3 Å². The molecule has 0 aromatic heterocycles. The van der Waals surface area contributed by atoms with Crippen molar-refractivity contribution in [3.8, 4) is 0 Å². The van der Waals surface area contributed by atoms with E-state index < -0.39 is 0 Å². The Bertz CT molecular complexity index is 300. The first-order chi connectivity index (χ1) is 9.70. The van der Waals surface area contributed by atoms with Gasteiger partial charge in [-0.2, -0.15) is 0 Å². The zero-order valence-corrected chi connectivity index (χ0v) is 12.9. The molecule has 1 saturated heterocycles. The molecule has 2 rings (SSSR count). The molecular weight excluding hydrogens is 250 g/mol. The van der Waals surface area contributed by atoms with Crippen LogP contribution in [0.25, 0.3) is 0 Å². The fraction of sp³-hybridized carbons (Fsp3) is 0.938. The normalized spacial score (nSPS) is 27.2. The van der Waals surface area contributed by atoms with E-state index in [1.165, 1.54) is 32.1 Å². The van der Waals surface area contributed by atoms with Crippen molar-refractivity contribution in [2.45, 2.75) is 70.4 Å². The highest BCUT2D eigenvalue weighted by atomic mass is 16.2. The standard InChI is InChI=1S/C16H31N3O/c1-13(16(20)18-15-7-3-2-4-8-15)19-11-5-6-14(12-19)9-10-17/h13-15H,2-12,17H2,1H3,(H,18,20). The van der Waals surface area contributed by atoms with Gasteiger partial charge in [0.2, 0.25) is 5.91 Å². The Balaban J connectivity index is 1.79. The summed E-state index contributed by atoms with van der Waals surface area (Å²) < 4.78 is 0. The lowest BCUT2D eigenvalue weighted by molar-refractivity contribution is -0.127. The lowest BCUT2D eigenvalue weighted by Gasteiger charge is -2.37. The SMILES string of the molecule is CC(C(=O)NC1CCCCC1)N1CCCC(CCN)C1. The van der Waals surface area contributed by atoms with Crippen LogP contribution in [0, 0.1) is 5.92 Å². The Morgan fingerprint density at radius 1 is 1.25 bits per heavy atom. The molecule has 0 aromatic rings. The van der Waals surface area contributed by atoms with Gasteiger partial charge in [0.1, 0.15) is 0 Å². The van der Waals surface area contributed by atoms with Gasteiger partial charge in [0.15, 0.2) is 0 Å². The van der Waals surface area contributed by atoms with Crippen LogP contribution in [-0.4, -0.2) is 42.5 Å². The van der Waals surface area contributed by atoms with E-state index in [0.29, 0.717) is 12.0 Å². The lowest BCUT2D eigenvalue weighted by atomic mass is 9.93. The zero-order chi connectivity index (χ0) is 14.4. The van der Waals surface area contributed by atoms with Gasteiger partial charge in [-0.15, -0.1) is 0 Å². The van der Waals surface area contributed by atoms with Gasteiger partial charge in [-0.05, 0) is 58.0 Å². The van der Waals surface area contributed by atoms with Crippen molar-refractivity contribution in [3.05, 3.63) is 0 Å². The molecule has 0 aromatic carbocycles. The molecule has 2 unspecified atom stereocenters. The van der Waals surface area contributed by atoms with E-state index in [0.717, 1.165) is 38.9 Å². The number of nitrogens with one attached hydrogen (secondary N) is 1. The molecule has 4 heteroatoms. The molecule has 2 fully saturated rings. The molecule has 2 aliphatic rings. The molecule has 2 atom stereocenters. The number of nitrogens with two attached hydrogens (primary N) is 1. The molecule has 0 radical (unpaired) electrons. The van der Waals surface area contributed by atoms with Crippen molar-refractivity contribution in [3.63, 3.8) is 0 Å². The Hall–Kier alpha value is -0.610. The van der Waals surface area contributed by atoms with Crippen LogP contribution >= 0.6 is 0 Å². The van der Waals surface area contributed by atoms with E-state index in [-0.39, 0.29) is 11.9 Å². The van der Waals surface area contributed by atoms with Crippen molar-refractivity contribution in [2.24, 2.45) is 11.7 Å². The number of carbonyl (C=O) groups is 1. The Morgan fingerprint density at radius 2 is 2.00 bits per heavy atom. The number of rotatable bonds is 5. The largest absolute Gasteiger partial charge is 0.352 e. The van der Waals surface area contributed by atoms with Crippen LogP contribution in [0.5, 0.6) is 0 Å². The van der Waals surface area contributed by atoms with E-state index in [4.69, 9.17) is 5.73 Å². The summed E-state index contributed by atoms with van der Waals surface area (Å²) in [7, 11) is 0. The molecule has 1 heterocycles. The summed E-state index contributed by atoms with van der Waals surface area (Å²) in [5.74, 6) is 0.906. The summed E-state index contributed by atoms with van der Waals surface area (Å²) in [6.07, 6.45) is 9.74. The van der Waals surface area contributed by atoms with Gasteiger partial charge in [-0.3, -0.25) is 9.69 Å². The Kier molecular flexibility index (Phi) is 6.30. The van der Waals surface area contributed by atoms with Crippen LogP contribution in [0.3, 0.4) is 0 Å². The smallest absolute Gasteiger partial charge is 0.237 e. The summed E-state index contributed by atoms with van der Waals surface area (Å²) in [6, 6.07) is 0.431. The van der Waals surface area contributed by atoms with Gasteiger partial charge in [0.25, 0.3) is 0 Å². The Labute approximate surface area is 123 Å². The molecule has 4 nitrogen and oxygen atoms in total. The molecule has 1 saturated carbocycles. The molecular formula is C16H31N3O. The molecule has 116 valence electrons. The summed E-state index contributed by atoms with van der Waals surface area (Å²) in [6.45, 7) is 4.92. The van der Waals surface area contributed by atoms with Crippen molar-refractivity contribution in [1.82, 2.24) is 10.2 Å². The highest BCUT2D eigenvalue weighted by Crippen LogP contribution is 2.22. The topological polar surface area (TPSA) is 58.4 Å². The van der Waals surface area contributed by atoms with E-state index in [9.17, 15) is 4.79 Å². The van der Waals surface area contributed by atoms with Crippen LogP contribution < -0.4 is 11.1 Å². The first-order valence-corrected chi connectivity index (χ1v) is 8.45. The van der Waals surface area contributed by atoms with Crippen molar-refractivity contribution in [1.29, 1.82) is 0 Å². The van der Waals surface area contributed by atoms with E-state index >= 15 is 0 Å². The van der Waals surface area contributed by atoms with Crippen molar-refractivity contribution in [2.75, 3.05) is 19.6 Å². The maximum atomic E-state index is 12.4. The maximum Gasteiger partial charge on any atom is 0.237 e. The fourth-order valence-electron chi connectivity index (χ4n) is 3.65. The minimum absolute atomic E-state index is 0.0116. The van der Waals surface area contributed by atoms with Gasteiger partial charge < -0.3 is 11.1 Å². The molecule has 1 aliphatic carbocycles. The minimum Gasteiger partial charge on any atom is -0.352 e. The summed E-state index contributed by atoms with van der Waals surface area (Å²) in [4.78, 5) is 14.7. The number of amides is 1. The third kappa shape index (κ3) is 4.45.